The molecule has 1 unspecified atom stereocenters. The zero-order chi connectivity index (χ0) is 24.8. The molecule has 1 atom stereocenters. The van der Waals surface area contributed by atoms with Crippen molar-refractivity contribution in [2.45, 2.75) is 58.8 Å². The first-order chi connectivity index (χ1) is 17.0. The predicted octanol–water partition coefficient (Wildman–Crippen LogP) is 8.94. The molecule has 0 saturated carbocycles. The average molecular weight is 479 g/mol. The molecule has 3 aromatic rings. The molecular weight excluding hydrogens is 445 g/mol. The second-order valence-corrected chi connectivity index (χ2v) is 9.33. The molecule has 0 bridgehead atoms. The van der Waals surface area contributed by atoms with Crippen LogP contribution in [0, 0.1) is 23.4 Å². The van der Waals surface area contributed by atoms with Crippen LogP contribution < -0.4 is 4.74 Å². The minimum absolute atomic E-state index is 0.277. The van der Waals surface area contributed by atoms with E-state index in [0.29, 0.717) is 35.6 Å². The molecule has 1 aliphatic rings. The molecule has 1 nitrogen and oxygen atoms in total. The first-order valence-corrected chi connectivity index (χ1v) is 12.7. The number of ether oxygens (including phenoxy) is 1. The number of allylic oxidation sites excluding steroid dienone is 2. The van der Waals surface area contributed by atoms with E-state index in [1.165, 1.54) is 11.6 Å². The van der Waals surface area contributed by atoms with Gasteiger partial charge in [0.25, 0.3) is 0 Å². The Hall–Kier alpha value is -3.01. The summed E-state index contributed by atoms with van der Waals surface area (Å²) in [6.07, 6.45) is 8.14. The Kier molecular flexibility index (Phi) is 8.33. The number of hydrogen-bond acceptors (Lipinski definition) is 1. The second-order valence-electron chi connectivity index (χ2n) is 9.33. The zero-order valence-electron chi connectivity index (χ0n) is 20.5. The van der Waals surface area contributed by atoms with Gasteiger partial charge in [-0.1, -0.05) is 61.9 Å². The average Bonchev–Trinajstić information content (AvgIpc) is 2.87. The van der Waals surface area contributed by atoms with Gasteiger partial charge >= 0.3 is 0 Å². The van der Waals surface area contributed by atoms with Crippen molar-refractivity contribution in [3.8, 4) is 16.9 Å². The molecule has 0 spiro atoms. The summed E-state index contributed by atoms with van der Waals surface area (Å²) >= 11 is 0. The lowest BCUT2D eigenvalue weighted by molar-refractivity contribution is 0.321. The molecule has 0 amide bonds. The first kappa shape index (κ1) is 25.1. The predicted molar refractivity (Wildman–Crippen MR) is 137 cm³/mol. The van der Waals surface area contributed by atoms with Crippen LogP contribution in [0.2, 0.25) is 0 Å². The Morgan fingerprint density at radius 2 is 1.63 bits per heavy atom. The molecule has 1 aliphatic carbocycles. The molecule has 0 aromatic heterocycles. The summed E-state index contributed by atoms with van der Waals surface area (Å²) in [7, 11) is 0. The van der Waals surface area contributed by atoms with Crippen molar-refractivity contribution in [3.05, 3.63) is 94.8 Å². The van der Waals surface area contributed by atoms with Crippen molar-refractivity contribution in [2.75, 3.05) is 6.61 Å². The maximum atomic E-state index is 14.9. The van der Waals surface area contributed by atoms with Crippen molar-refractivity contribution in [3.63, 3.8) is 0 Å². The molecule has 0 saturated heterocycles. The van der Waals surface area contributed by atoms with Gasteiger partial charge in [0.2, 0.25) is 0 Å². The maximum Gasteiger partial charge on any atom is 0.166 e. The summed E-state index contributed by atoms with van der Waals surface area (Å²) < 4.78 is 49.3. The lowest BCUT2D eigenvalue weighted by Gasteiger charge is -2.22. The standard InChI is InChI=1S/C31H33F3O/c1-3-5-21-8-13-24(14-9-21)27-18-16-25(30(33)31(27)34)15-10-22-6-11-23(12-7-22)26-17-19-29(35-4-2)28(32)20-26/h8-9,11,13-14,16-20,22H,3-7,10,12,15H2,1-2H3. The number of aryl methyl sites for hydroxylation is 2. The van der Waals surface area contributed by atoms with Crippen LogP contribution in [-0.4, -0.2) is 6.61 Å². The largest absolute Gasteiger partial charge is 0.491 e. The minimum Gasteiger partial charge on any atom is -0.491 e. The Labute approximate surface area is 206 Å². The molecule has 0 radical (unpaired) electrons. The number of benzene rings is 3. The summed E-state index contributed by atoms with van der Waals surface area (Å²) in [5.41, 5.74) is 4.65. The third kappa shape index (κ3) is 5.98. The van der Waals surface area contributed by atoms with Crippen molar-refractivity contribution in [1.82, 2.24) is 0 Å². The first-order valence-electron chi connectivity index (χ1n) is 12.7. The molecule has 35 heavy (non-hydrogen) atoms. The van der Waals surface area contributed by atoms with E-state index < -0.39 is 11.6 Å². The van der Waals surface area contributed by atoms with Crippen LogP contribution >= 0.6 is 0 Å². The van der Waals surface area contributed by atoms with E-state index in [9.17, 15) is 13.2 Å². The highest BCUT2D eigenvalue weighted by Crippen LogP contribution is 2.35. The van der Waals surface area contributed by atoms with Gasteiger partial charge in [0.15, 0.2) is 23.2 Å². The van der Waals surface area contributed by atoms with E-state index in [1.54, 1.807) is 18.2 Å². The van der Waals surface area contributed by atoms with Crippen LogP contribution in [0.5, 0.6) is 5.75 Å². The molecule has 184 valence electrons. The fourth-order valence-corrected chi connectivity index (χ4v) is 4.89. The lowest BCUT2D eigenvalue weighted by atomic mass is 9.83. The van der Waals surface area contributed by atoms with Crippen molar-refractivity contribution < 1.29 is 17.9 Å². The Balaban J connectivity index is 1.37. The van der Waals surface area contributed by atoms with Crippen LogP contribution in [0.3, 0.4) is 0 Å². The topological polar surface area (TPSA) is 9.23 Å². The molecule has 4 heteroatoms. The van der Waals surface area contributed by atoms with Crippen LogP contribution in [0.15, 0.2) is 60.7 Å². The van der Waals surface area contributed by atoms with Gasteiger partial charge in [-0.3, -0.25) is 0 Å². The highest BCUT2D eigenvalue weighted by atomic mass is 19.2. The summed E-state index contributed by atoms with van der Waals surface area (Å²) in [6, 6.07) is 16.2. The zero-order valence-corrected chi connectivity index (χ0v) is 20.5. The van der Waals surface area contributed by atoms with E-state index in [4.69, 9.17) is 4.74 Å². The van der Waals surface area contributed by atoms with E-state index in [-0.39, 0.29) is 11.6 Å². The Morgan fingerprint density at radius 1 is 0.857 bits per heavy atom. The van der Waals surface area contributed by atoms with Gasteiger partial charge in [-0.15, -0.1) is 0 Å². The third-order valence-corrected chi connectivity index (χ3v) is 6.91. The van der Waals surface area contributed by atoms with Gasteiger partial charge in [0.05, 0.1) is 6.61 Å². The molecule has 0 aliphatic heterocycles. The highest BCUT2D eigenvalue weighted by molar-refractivity contribution is 5.67. The second kappa shape index (κ2) is 11.6. The molecular formula is C31H33F3O. The minimum atomic E-state index is -0.769. The van der Waals surface area contributed by atoms with Crippen molar-refractivity contribution in [2.24, 2.45) is 5.92 Å². The molecule has 4 rings (SSSR count). The highest BCUT2D eigenvalue weighted by Gasteiger charge is 2.19. The quantitative estimate of drug-likeness (QED) is 0.298. The summed E-state index contributed by atoms with van der Waals surface area (Å²) in [5.74, 6) is -1.17. The monoisotopic (exact) mass is 478 g/mol. The Bertz CT molecular complexity index is 1180. The lowest BCUT2D eigenvalue weighted by Crippen LogP contribution is -2.08. The van der Waals surface area contributed by atoms with Gasteiger partial charge < -0.3 is 4.74 Å². The maximum absolute atomic E-state index is 14.9. The van der Waals surface area contributed by atoms with E-state index in [0.717, 1.165) is 49.7 Å². The molecule has 0 fully saturated rings. The summed E-state index contributed by atoms with van der Waals surface area (Å²) in [6.45, 7) is 4.38. The van der Waals surface area contributed by atoms with Crippen LogP contribution in [0.1, 0.15) is 62.6 Å². The van der Waals surface area contributed by atoms with Crippen LogP contribution in [-0.2, 0) is 12.8 Å². The smallest absolute Gasteiger partial charge is 0.166 e. The summed E-state index contributed by atoms with van der Waals surface area (Å²) in [4.78, 5) is 0. The van der Waals surface area contributed by atoms with Crippen molar-refractivity contribution in [1.29, 1.82) is 0 Å². The van der Waals surface area contributed by atoms with Gasteiger partial charge in [-0.2, -0.15) is 0 Å². The fourth-order valence-electron chi connectivity index (χ4n) is 4.89. The van der Waals surface area contributed by atoms with E-state index in [1.807, 2.05) is 37.3 Å². The van der Waals surface area contributed by atoms with E-state index >= 15 is 0 Å². The van der Waals surface area contributed by atoms with Gasteiger partial charge in [-0.05, 0) is 91.3 Å². The van der Waals surface area contributed by atoms with Gasteiger partial charge in [0, 0.05) is 5.56 Å². The fraction of sp³-hybridized carbons (Fsp3) is 0.355. The summed E-state index contributed by atoms with van der Waals surface area (Å²) in [5, 5.41) is 0. The number of halogens is 3. The van der Waals surface area contributed by atoms with Crippen molar-refractivity contribution >= 4 is 5.57 Å². The normalized spacial score (nSPS) is 15.7. The molecule has 0 heterocycles. The number of rotatable bonds is 9. The SMILES string of the molecule is CCCc1ccc(-c2ccc(CCC3CC=C(c4ccc(OCC)c(F)c4)CC3)c(F)c2F)cc1. The van der Waals surface area contributed by atoms with E-state index in [2.05, 4.69) is 13.0 Å². The third-order valence-electron chi connectivity index (χ3n) is 6.91. The van der Waals surface area contributed by atoms with Gasteiger partial charge in [-0.25, -0.2) is 13.2 Å². The van der Waals surface area contributed by atoms with Gasteiger partial charge in [0.1, 0.15) is 0 Å². The number of hydrogen-bond donors (Lipinski definition) is 0. The van der Waals surface area contributed by atoms with Crippen LogP contribution in [0.4, 0.5) is 13.2 Å². The Morgan fingerprint density at radius 3 is 2.29 bits per heavy atom. The van der Waals surface area contributed by atoms with Crippen LogP contribution in [0.25, 0.3) is 16.7 Å². The molecule has 3 aromatic carbocycles. The molecule has 0 N–H and O–H groups in total.